The lowest BCUT2D eigenvalue weighted by Crippen LogP contribution is -2.38. The van der Waals surface area contributed by atoms with Crippen molar-refractivity contribution in [2.24, 2.45) is 7.05 Å². The molecule has 1 atom stereocenters. The molecule has 1 aliphatic rings. The van der Waals surface area contributed by atoms with Gasteiger partial charge in [-0.2, -0.15) is 5.26 Å². The van der Waals surface area contributed by atoms with Crippen LogP contribution < -0.4 is 10.2 Å². The van der Waals surface area contributed by atoms with Gasteiger partial charge in [-0.3, -0.25) is 4.79 Å². The van der Waals surface area contributed by atoms with E-state index in [1.807, 2.05) is 47.0 Å². The third kappa shape index (κ3) is 2.99. The molecule has 1 amide bonds. The van der Waals surface area contributed by atoms with E-state index in [0.717, 1.165) is 29.8 Å². The molecule has 0 radical (unpaired) electrons. The molecule has 3 rings (SSSR count). The van der Waals surface area contributed by atoms with E-state index in [1.54, 1.807) is 6.92 Å². The van der Waals surface area contributed by atoms with Crippen LogP contribution in [0.5, 0.6) is 0 Å². The summed E-state index contributed by atoms with van der Waals surface area (Å²) in [5.41, 5.74) is 3.91. The quantitative estimate of drug-likeness (QED) is 0.947. The van der Waals surface area contributed by atoms with Gasteiger partial charge >= 0.3 is 0 Å². The predicted molar refractivity (Wildman–Crippen MR) is 88.8 cm³/mol. The van der Waals surface area contributed by atoms with Crippen molar-refractivity contribution < 1.29 is 4.79 Å². The molecule has 0 saturated carbocycles. The molecule has 23 heavy (non-hydrogen) atoms. The monoisotopic (exact) mass is 308 g/mol. The van der Waals surface area contributed by atoms with Crippen molar-refractivity contribution in [3.8, 4) is 6.07 Å². The number of nitrogens with one attached hydrogen (secondary N) is 1. The highest BCUT2D eigenvalue weighted by molar-refractivity contribution is 5.92. The summed E-state index contributed by atoms with van der Waals surface area (Å²) in [6, 6.07) is 12.4. The Hall–Kier alpha value is -2.58. The molecule has 0 bridgehead atoms. The summed E-state index contributed by atoms with van der Waals surface area (Å²) >= 11 is 0. The van der Waals surface area contributed by atoms with Gasteiger partial charge in [0.15, 0.2) is 0 Å². The third-order valence-corrected chi connectivity index (χ3v) is 4.35. The van der Waals surface area contributed by atoms with Crippen LogP contribution in [0.15, 0.2) is 36.5 Å². The van der Waals surface area contributed by atoms with Crippen LogP contribution in [0.25, 0.3) is 0 Å². The molecule has 0 aliphatic carbocycles. The Kier molecular flexibility index (Phi) is 4.18. The first kappa shape index (κ1) is 15.3. The Morgan fingerprint density at radius 1 is 1.43 bits per heavy atom. The smallest absolute Gasteiger partial charge is 0.223 e. The first-order valence-corrected chi connectivity index (χ1v) is 7.76. The van der Waals surface area contributed by atoms with Crippen LogP contribution >= 0.6 is 0 Å². The van der Waals surface area contributed by atoms with Crippen LogP contribution in [0.4, 0.5) is 5.69 Å². The van der Waals surface area contributed by atoms with Crippen molar-refractivity contribution in [1.29, 1.82) is 5.26 Å². The highest BCUT2D eigenvalue weighted by Crippen LogP contribution is 2.33. The molecule has 1 unspecified atom stereocenters. The fourth-order valence-electron chi connectivity index (χ4n) is 3.18. The number of anilines is 1. The number of amides is 1. The zero-order chi connectivity index (χ0) is 16.4. The fraction of sp³-hybridized carbons (Fsp3) is 0.333. The second-order valence-electron chi connectivity index (χ2n) is 5.91. The number of fused-ring (bicyclic) bond motifs is 1. The number of nitrogens with zero attached hydrogens (tertiary/aromatic N) is 3. The van der Waals surface area contributed by atoms with Crippen LogP contribution in [-0.2, 0) is 18.4 Å². The molecule has 0 saturated heterocycles. The number of rotatable bonds is 3. The van der Waals surface area contributed by atoms with Crippen molar-refractivity contribution in [1.82, 2.24) is 9.88 Å². The first-order chi connectivity index (χ1) is 11.1. The highest BCUT2D eigenvalue weighted by Gasteiger charge is 2.26. The molecule has 1 aliphatic heterocycles. The van der Waals surface area contributed by atoms with E-state index in [1.165, 1.54) is 0 Å². The average Bonchev–Trinajstić information content (AvgIpc) is 2.92. The van der Waals surface area contributed by atoms with E-state index in [0.29, 0.717) is 12.2 Å². The number of nitriles is 1. The maximum Gasteiger partial charge on any atom is 0.223 e. The van der Waals surface area contributed by atoms with E-state index < -0.39 is 0 Å². The molecule has 118 valence electrons. The molecule has 5 nitrogen and oxygen atoms in total. The normalized spacial score (nSPS) is 16.7. The van der Waals surface area contributed by atoms with Gasteiger partial charge < -0.3 is 14.8 Å². The van der Waals surface area contributed by atoms with Crippen molar-refractivity contribution in [3.05, 3.63) is 53.3 Å². The zero-order valence-corrected chi connectivity index (χ0v) is 13.4. The van der Waals surface area contributed by atoms with Crippen molar-refractivity contribution in [2.45, 2.75) is 25.9 Å². The zero-order valence-electron chi connectivity index (χ0n) is 13.4. The number of hydrogen-bond donors (Lipinski definition) is 1. The minimum atomic E-state index is 0.0811. The van der Waals surface area contributed by atoms with E-state index in [-0.39, 0.29) is 11.9 Å². The Labute approximate surface area is 136 Å². The predicted octanol–water partition coefficient (Wildman–Crippen LogP) is 2.48. The molecule has 2 aromatic rings. The Bertz CT molecular complexity index is 772. The molecule has 1 aromatic carbocycles. The van der Waals surface area contributed by atoms with Crippen LogP contribution in [-0.4, -0.2) is 17.0 Å². The van der Waals surface area contributed by atoms with E-state index in [4.69, 9.17) is 5.26 Å². The summed E-state index contributed by atoms with van der Waals surface area (Å²) in [5.74, 6) is 0.0811. The summed E-state index contributed by atoms with van der Waals surface area (Å²) in [6.45, 7) is 3.04. The van der Waals surface area contributed by atoms with Crippen LogP contribution in [0, 0.1) is 11.3 Å². The van der Waals surface area contributed by atoms with Gasteiger partial charge in [0.1, 0.15) is 11.8 Å². The van der Waals surface area contributed by atoms with Gasteiger partial charge in [-0.1, -0.05) is 18.2 Å². The van der Waals surface area contributed by atoms with E-state index in [9.17, 15) is 4.79 Å². The molecule has 2 heterocycles. The standard InChI is InChI=1S/C18H20N4O/c1-13(23)22-8-7-17(16-5-3-4-6-18(16)22)20-11-14-9-15(10-19)21(2)12-14/h3-6,9,12,17,20H,7-8,11H2,1-2H3. The van der Waals surface area contributed by atoms with Crippen LogP contribution in [0.1, 0.15) is 36.2 Å². The summed E-state index contributed by atoms with van der Waals surface area (Å²) < 4.78 is 1.84. The molecule has 0 spiro atoms. The topological polar surface area (TPSA) is 61.1 Å². The molecule has 0 fully saturated rings. The number of aryl methyl sites for hydroxylation is 1. The van der Waals surface area contributed by atoms with Crippen LogP contribution in [0.3, 0.4) is 0 Å². The van der Waals surface area contributed by atoms with Gasteiger partial charge in [0.25, 0.3) is 0 Å². The third-order valence-electron chi connectivity index (χ3n) is 4.35. The number of aromatic nitrogens is 1. The average molecular weight is 308 g/mol. The SMILES string of the molecule is CC(=O)N1CCC(NCc2cc(C#N)n(C)c2)c2ccccc21. The number of carbonyl (C=O) groups is 1. The molecule has 1 aromatic heterocycles. The summed E-state index contributed by atoms with van der Waals surface area (Å²) in [6.07, 6.45) is 2.86. The second kappa shape index (κ2) is 6.27. The van der Waals surface area contributed by atoms with Gasteiger partial charge in [-0.25, -0.2) is 0 Å². The lowest BCUT2D eigenvalue weighted by Gasteiger charge is -2.34. The van der Waals surface area contributed by atoms with Gasteiger partial charge in [-0.05, 0) is 29.7 Å². The van der Waals surface area contributed by atoms with Gasteiger partial charge in [0.2, 0.25) is 5.91 Å². The number of para-hydroxylation sites is 1. The molecular formula is C18H20N4O. The number of hydrogen-bond acceptors (Lipinski definition) is 3. The highest BCUT2D eigenvalue weighted by atomic mass is 16.2. The largest absolute Gasteiger partial charge is 0.342 e. The molecular weight excluding hydrogens is 288 g/mol. The number of benzene rings is 1. The van der Waals surface area contributed by atoms with E-state index in [2.05, 4.69) is 17.5 Å². The van der Waals surface area contributed by atoms with Gasteiger partial charge in [0.05, 0.1) is 0 Å². The van der Waals surface area contributed by atoms with E-state index >= 15 is 0 Å². The Morgan fingerprint density at radius 2 is 2.22 bits per heavy atom. The minimum Gasteiger partial charge on any atom is -0.342 e. The fourth-order valence-corrected chi connectivity index (χ4v) is 3.18. The Morgan fingerprint density at radius 3 is 2.91 bits per heavy atom. The lowest BCUT2D eigenvalue weighted by atomic mass is 9.96. The maximum absolute atomic E-state index is 11.8. The minimum absolute atomic E-state index is 0.0811. The van der Waals surface area contributed by atoms with Gasteiger partial charge in [0, 0.05) is 45.0 Å². The van der Waals surface area contributed by atoms with Crippen molar-refractivity contribution in [2.75, 3.05) is 11.4 Å². The summed E-state index contributed by atoms with van der Waals surface area (Å²) in [7, 11) is 1.88. The number of carbonyl (C=O) groups excluding carboxylic acids is 1. The second-order valence-corrected chi connectivity index (χ2v) is 5.91. The molecule has 5 heteroatoms. The summed E-state index contributed by atoms with van der Waals surface area (Å²) in [5, 5.41) is 12.6. The molecule has 1 N–H and O–H groups in total. The summed E-state index contributed by atoms with van der Waals surface area (Å²) in [4.78, 5) is 13.6. The lowest BCUT2D eigenvalue weighted by molar-refractivity contribution is -0.116. The van der Waals surface area contributed by atoms with Gasteiger partial charge in [-0.15, -0.1) is 0 Å². The Balaban J connectivity index is 1.77. The maximum atomic E-state index is 11.8. The van der Waals surface area contributed by atoms with Crippen LogP contribution in [0.2, 0.25) is 0 Å². The van der Waals surface area contributed by atoms with Crippen molar-refractivity contribution in [3.63, 3.8) is 0 Å². The first-order valence-electron chi connectivity index (χ1n) is 7.76. The van der Waals surface area contributed by atoms with Crippen molar-refractivity contribution >= 4 is 11.6 Å².